The van der Waals surface area contributed by atoms with Crippen molar-refractivity contribution >= 4 is 23.8 Å². The van der Waals surface area contributed by atoms with E-state index in [0.717, 1.165) is 32.1 Å². The summed E-state index contributed by atoms with van der Waals surface area (Å²) >= 11 is 1.33. The van der Waals surface area contributed by atoms with Crippen LogP contribution in [-0.2, 0) is 9.53 Å². The number of carbonyl (C=O) groups excluding carboxylic acids is 2. The Balaban J connectivity index is 1.27. The highest BCUT2D eigenvalue weighted by Gasteiger charge is 2.39. The molecule has 2 aliphatic rings. The number of nitrogens with zero attached hydrogens (tertiary/aromatic N) is 4. The van der Waals surface area contributed by atoms with E-state index in [9.17, 15) is 9.59 Å². The summed E-state index contributed by atoms with van der Waals surface area (Å²) in [5.41, 5.74) is 0.700. The zero-order valence-corrected chi connectivity index (χ0v) is 18.6. The maximum Gasteiger partial charge on any atom is 0.410 e. The van der Waals surface area contributed by atoms with E-state index in [0.29, 0.717) is 36.3 Å². The second kappa shape index (κ2) is 10.2. The molecule has 8 nitrogen and oxygen atoms in total. The number of ether oxygens (including phenoxy) is 1. The summed E-state index contributed by atoms with van der Waals surface area (Å²) in [4.78, 5) is 37.5. The molecule has 0 saturated carbocycles. The van der Waals surface area contributed by atoms with E-state index < -0.39 is 0 Å². The van der Waals surface area contributed by atoms with Crippen LogP contribution in [0.1, 0.15) is 39.0 Å². The molecule has 1 atom stereocenters. The predicted molar refractivity (Wildman–Crippen MR) is 117 cm³/mol. The number of rotatable bonds is 8. The second-order valence-electron chi connectivity index (χ2n) is 7.88. The summed E-state index contributed by atoms with van der Waals surface area (Å²) in [7, 11) is 0. The molecule has 0 aliphatic carbocycles. The van der Waals surface area contributed by atoms with Crippen molar-refractivity contribution in [3.05, 3.63) is 30.7 Å². The molecule has 31 heavy (non-hydrogen) atoms. The van der Waals surface area contributed by atoms with E-state index in [4.69, 9.17) is 9.15 Å². The Kier molecular flexibility index (Phi) is 7.11. The van der Waals surface area contributed by atoms with E-state index in [1.54, 1.807) is 18.5 Å². The minimum Gasteiger partial charge on any atom is -0.463 e. The van der Waals surface area contributed by atoms with Crippen LogP contribution < -0.4 is 0 Å². The largest absolute Gasteiger partial charge is 0.463 e. The molecular formula is C22H28N4O4S. The summed E-state index contributed by atoms with van der Waals surface area (Å²) < 4.78 is 10.7. The van der Waals surface area contributed by atoms with E-state index in [1.165, 1.54) is 11.8 Å². The molecule has 0 N–H and O–H groups in total. The van der Waals surface area contributed by atoms with Gasteiger partial charge in [-0.3, -0.25) is 9.69 Å². The normalized spacial score (nSPS) is 19.6. The summed E-state index contributed by atoms with van der Waals surface area (Å²) in [5, 5.41) is 0.552. The molecule has 2 saturated heterocycles. The van der Waals surface area contributed by atoms with E-state index in [1.807, 2.05) is 21.9 Å². The van der Waals surface area contributed by atoms with Gasteiger partial charge in [-0.05, 0) is 37.5 Å². The minimum atomic E-state index is -0.199. The van der Waals surface area contributed by atoms with Crippen LogP contribution in [0.4, 0.5) is 4.79 Å². The molecular weight excluding hydrogens is 416 g/mol. The van der Waals surface area contributed by atoms with Gasteiger partial charge in [0.05, 0.1) is 18.1 Å². The van der Waals surface area contributed by atoms with Gasteiger partial charge in [0.15, 0.2) is 10.9 Å². The summed E-state index contributed by atoms with van der Waals surface area (Å²) in [6, 6.07) is 5.77. The van der Waals surface area contributed by atoms with E-state index in [2.05, 4.69) is 16.9 Å². The second-order valence-corrected chi connectivity index (χ2v) is 8.83. The average molecular weight is 445 g/mol. The van der Waals surface area contributed by atoms with Gasteiger partial charge in [-0.1, -0.05) is 31.5 Å². The van der Waals surface area contributed by atoms with Crippen LogP contribution in [0.25, 0.3) is 11.5 Å². The van der Waals surface area contributed by atoms with Crippen molar-refractivity contribution in [3.8, 4) is 11.5 Å². The lowest BCUT2D eigenvalue weighted by Crippen LogP contribution is -2.50. The van der Waals surface area contributed by atoms with Gasteiger partial charge in [0.25, 0.3) is 0 Å². The minimum absolute atomic E-state index is 0.0713. The number of hydrogen-bond donors (Lipinski definition) is 0. The topological polar surface area (TPSA) is 88.8 Å². The molecule has 0 radical (unpaired) electrons. The molecule has 0 bridgehead atoms. The SMILES string of the molecule is CCCCC1COC(=O)N1C1CCN(C(=O)CSc2nccc(-c3ccco3)n2)CC1. The number of hydrogen-bond acceptors (Lipinski definition) is 7. The first-order valence-electron chi connectivity index (χ1n) is 10.9. The number of aromatic nitrogens is 2. The number of likely N-dealkylation sites (tertiary alicyclic amines) is 1. The molecule has 2 fully saturated rings. The fraction of sp³-hybridized carbons (Fsp3) is 0.545. The lowest BCUT2D eigenvalue weighted by molar-refractivity contribution is -0.129. The number of cyclic esters (lactones) is 1. The average Bonchev–Trinajstić information content (AvgIpc) is 3.46. The zero-order valence-electron chi connectivity index (χ0n) is 17.7. The molecule has 4 rings (SSSR count). The van der Waals surface area contributed by atoms with Crippen LogP contribution in [0.5, 0.6) is 0 Å². The Morgan fingerprint density at radius 1 is 1.29 bits per heavy atom. The molecule has 0 spiro atoms. The zero-order chi connectivity index (χ0) is 21.6. The Morgan fingerprint density at radius 2 is 2.13 bits per heavy atom. The van der Waals surface area contributed by atoms with Crippen molar-refractivity contribution in [1.29, 1.82) is 0 Å². The molecule has 1 unspecified atom stereocenters. The number of unbranched alkanes of at least 4 members (excludes halogenated alkanes) is 1. The van der Waals surface area contributed by atoms with Crippen LogP contribution in [0.2, 0.25) is 0 Å². The van der Waals surface area contributed by atoms with Crippen molar-refractivity contribution in [1.82, 2.24) is 19.8 Å². The number of furan rings is 1. The van der Waals surface area contributed by atoms with Crippen LogP contribution in [-0.4, -0.2) is 69.3 Å². The lowest BCUT2D eigenvalue weighted by atomic mass is 10.0. The van der Waals surface area contributed by atoms with Gasteiger partial charge in [-0.2, -0.15) is 0 Å². The first-order valence-corrected chi connectivity index (χ1v) is 11.9. The van der Waals surface area contributed by atoms with Gasteiger partial charge in [0, 0.05) is 25.3 Å². The Labute approximate surface area is 186 Å². The monoisotopic (exact) mass is 444 g/mol. The fourth-order valence-corrected chi connectivity index (χ4v) is 4.90. The van der Waals surface area contributed by atoms with Crippen molar-refractivity contribution in [2.75, 3.05) is 25.4 Å². The fourth-order valence-electron chi connectivity index (χ4n) is 4.16. The highest BCUT2D eigenvalue weighted by molar-refractivity contribution is 7.99. The first kappa shape index (κ1) is 21.7. The number of thioether (sulfide) groups is 1. The van der Waals surface area contributed by atoms with Gasteiger partial charge in [0.1, 0.15) is 12.3 Å². The van der Waals surface area contributed by atoms with E-state index >= 15 is 0 Å². The quantitative estimate of drug-likeness (QED) is 0.451. The van der Waals surface area contributed by atoms with Gasteiger partial charge in [-0.25, -0.2) is 14.8 Å². The van der Waals surface area contributed by atoms with Crippen molar-refractivity contribution in [2.24, 2.45) is 0 Å². The summed E-state index contributed by atoms with van der Waals surface area (Å²) in [6.45, 7) is 3.96. The number of piperidine rings is 1. The Bertz CT molecular complexity index is 883. The number of carbonyl (C=O) groups is 2. The smallest absolute Gasteiger partial charge is 0.410 e. The van der Waals surface area contributed by atoms with Crippen LogP contribution in [0.3, 0.4) is 0 Å². The predicted octanol–water partition coefficient (Wildman–Crippen LogP) is 3.83. The molecule has 2 aromatic rings. The lowest BCUT2D eigenvalue weighted by Gasteiger charge is -2.37. The molecule has 2 aromatic heterocycles. The Morgan fingerprint density at radius 3 is 2.87 bits per heavy atom. The summed E-state index contributed by atoms with van der Waals surface area (Å²) in [5.74, 6) is 1.04. The van der Waals surface area contributed by atoms with Crippen molar-refractivity contribution < 1.29 is 18.7 Å². The molecule has 4 heterocycles. The maximum atomic E-state index is 12.7. The van der Waals surface area contributed by atoms with Gasteiger partial charge < -0.3 is 14.1 Å². The van der Waals surface area contributed by atoms with Crippen LogP contribution in [0.15, 0.2) is 40.2 Å². The third-order valence-electron chi connectivity index (χ3n) is 5.84. The number of amides is 2. The Hall–Kier alpha value is -2.55. The first-order chi connectivity index (χ1) is 15.2. The van der Waals surface area contributed by atoms with Gasteiger partial charge >= 0.3 is 6.09 Å². The highest BCUT2D eigenvalue weighted by Crippen LogP contribution is 2.27. The van der Waals surface area contributed by atoms with Crippen LogP contribution >= 0.6 is 11.8 Å². The molecule has 0 aromatic carbocycles. The summed E-state index contributed by atoms with van der Waals surface area (Å²) in [6.07, 6.45) is 7.84. The van der Waals surface area contributed by atoms with Crippen LogP contribution in [0, 0.1) is 0 Å². The maximum absolute atomic E-state index is 12.7. The highest BCUT2D eigenvalue weighted by atomic mass is 32.2. The van der Waals surface area contributed by atoms with Crippen molar-refractivity contribution in [2.45, 2.75) is 56.3 Å². The molecule has 2 aliphatic heterocycles. The standard InChI is InChI=1S/C22H28N4O4S/c1-2-3-5-17-14-30-22(28)26(17)16-8-11-25(12-9-16)20(27)15-31-21-23-10-7-18(24-21)19-6-4-13-29-19/h4,6-7,10,13,16-17H,2-3,5,8-9,11-12,14-15H2,1H3. The molecule has 9 heteroatoms. The molecule has 2 amide bonds. The third-order valence-corrected chi connectivity index (χ3v) is 6.68. The molecule has 166 valence electrons. The van der Waals surface area contributed by atoms with Crippen molar-refractivity contribution in [3.63, 3.8) is 0 Å². The third kappa shape index (κ3) is 5.20. The van der Waals surface area contributed by atoms with Gasteiger partial charge in [-0.15, -0.1) is 0 Å². The van der Waals surface area contributed by atoms with Gasteiger partial charge in [0.2, 0.25) is 5.91 Å². The van der Waals surface area contributed by atoms with E-state index in [-0.39, 0.29) is 29.8 Å².